The van der Waals surface area contributed by atoms with Crippen molar-refractivity contribution in [3.05, 3.63) is 0 Å². The summed E-state index contributed by atoms with van der Waals surface area (Å²) in [5.74, 6) is -2.27. The predicted molar refractivity (Wildman–Crippen MR) is 103 cm³/mol. The van der Waals surface area contributed by atoms with Gasteiger partial charge in [0.1, 0.15) is 18.2 Å². The summed E-state index contributed by atoms with van der Waals surface area (Å²) in [4.78, 5) is 32.6. The number of aliphatic carboxylic acids is 2. The molecule has 27 heavy (non-hydrogen) atoms. The molecule has 0 saturated carbocycles. The van der Waals surface area contributed by atoms with Gasteiger partial charge in [-0.1, -0.05) is 41.0 Å². The molecule has 0 rings (SSSR count). The predicted octanol–water partition coefficient (Wildman–Crippen LogP) is 0.928. The van der Waals surface area contributed by atoms with Gasteiger partial charge in [0.2, 0.25) is 0 Å². The molecule has 9 nitrogen and oxygen atoms in total. The average Bonchev–Trinajstić information content (AvgIpc) is 2.58. The first kappa shape index (κ1) is 27.5. The van der Waals surface area contributed by atoms with Crippen LogP contribution in [0.25, 0.3) is 0 Å². The van der Waals surface area contributed by atoms with Crippen LogP contribution in [0.5, 0.6) is 0 Å². The zero-order chi connectivity index (χ0) is 21.7. The molecular formula is C18H37N3O6. The molecule has 0 aliphatic carbocycles. The lowest BCUT2D eigenvalue weighted by Gasteiger charge is -2.26. The summed E-state index contributed by atoms with van der Waals surface area (Å²) in [6.07, 6.45) is 0.696. The zero-order valence-corrected chi connectivity index (χ0v) is 17.1. The Labute approximate surface area is 161 Å². The van der Waals surface area contributed by atoms with Crippen LogP contribution in [0.2, 0.25) is 0 Å². The van der Waals surface area contributed by atoms with E-state index in [1.54, 1.807) is 6.92 Å². The fraction of sp³-hybridized carbons (Fsp3) is 0.833. The summed E-state index contributed by atoms with van der Waals surface area (Å²) in [5.41, 5.74) is 16.7. The van der Waals surface area contributed by atoms with Crippen molar-refractivity contribution in [2.24, 2.45) is 29.0 Å². The molecule has 0 spiro atoms. The van der Waals surface area contributed by atoms with Crippen molar-refractivity contribution in [3.8, 4) is 0 Å². The van der Waals surface area contributed by atoms with Crippen LogP contribution < -0.4 is 17.2 Å². The summed E-state index contributed by atoms with van der Waals surface area (Å²) in [5, 5.41) is 17.0. The molecule has 0 aromatic carbocycles. The van der Waals surface area contributed by atoms with Crippen LogP contribution in [0, 0.1) is 11.8 Å². The van der Waals surface area contributed by atoms with E-state index in [-0.39, 0.29) is 12.3 Å². The zero-order valence-electron chi connectivity index (χ0n) is 17.1. The van der Waals surface area contributed by atoms with E-state index in [1.807, 2.05) is 27.7 Å². The van der Waals surface area contributed by atoms with Gasteiger partial charge in [-0.05, 0) is 24.7 Å². The molecule has 0 aromatic heterocycles. The van der Waals surface area contributed by atoms with Crippen molar-refractivity contribution in [2.75, 3.05) is 0 Å². The summed E-state index contributed by atoms with van der Waals surface area (Å²) in [6, 6.07) is -1.93. The Kier molecular flexibility index (Phi) is 14.6. The monoisotopic (exact) mass is 391 g/mol. The van der Waals surface area contributed by atoms with Crippen LogP contribution in [0.4, 0.5) is 0 Å². The van der Waals surface area contributed by atoms with Crippen molar-refractivity contribution < 1.29 is 29.3 Å². The highest BCUT2D eigenvalue weighted by Crippen LogP contribution is 2.15. The van der Waals surface area contributed by atoms with Gasteiger partial charge in [0.25, 0.3) is 0 Å². The molecule has 9 heteroatoms. The van der Waals surface area contributed by atoms with Crippen LogP contribution in [0.1, 0.15) is 60.3 Å². The van der Waals surface area contributed by atoms with Crippen molar-refractivity contribution in [1.29, 1.82) is 0 Å². The second-order valence-electron chi connectivity index (χ2n) is 7.13. The Morgan fingerprint density at radius 3 is 1.78 bits per heavy atom. The van der Waals surface area contributed by atoms with E-state index >= 15 is 0 Å². The minimum Gasteiger partial charge on any atom is -0.481 e. The molecule has 0 heterocycles. The lowest BCUT2D eigenvalue weighted by Crippen LogP contribution is -2.45. The molecule has 0 radical (unpaired) electrons. The smallest absolute Gasteiger partial charge is 0.323 e. The van der Waals surface area contributed by atoms with E-state index in [2.05, 4.69) is 0 Å². The topological polar surface area (TPSA) is 179 Å². The Bertz CT molecular complexity index is 458. The second kappa shape index (κ2) is 14.4. The Balaban J connectivity index is 0. The van der Waals surface area contributed by atoms with E-state index in [0.29, 0.717) is 18.8 Å². The second-order valence-corrected chi connectivity index (χ2v) is 7.13. The van der Waals surface area contributed by atoms with E-state index < -0.39 is 42.1 Å². The fourth-order valence-electron chi connectivity index (χ4n) is 2.04. The maximum absolute atomic E-state index is 11.9. The molecule has 0 aliphatic heterocycles. The third-order valence-electron chi connectivity index (χ3n) is 4.15. The van der Waals surface area contributed by atoms with E-state index in [9.17, 15) is 14.4 Å². The fourth-order valence-corrected chi connectivity index (χ4v) is 2.04. The van der Waals surface area contributed by atoms with E-state index in [0.717, 1.165) is 6.42 Å². The number of ether oxygens (including phenoxy) is 1. The maximum atomic E-state index is 11.9. The van der Waals surface area contributed by atoms with Gasteiger partial charge < -0.3 is 32.2 Å². The molecule has 160 valence electrons. The van der Waals surface area contributed by atoms with Gasteiger partial charge in [-0.25, -0.2) is 0 Å². The number of esters is 1. The van der Waals surface area contributed by atoms with E-state index in [1.165, 1.54) is 0 Å². The molecule has 8 N–H and O–H groups in total. The van der Waals surface area contributed by atoms with Crippen molar-refractivity contribution >= 4 is 17.9 Å². The summed E-state index contributed by atoms with van der Waals surface area (Å²) < 4.78 is 5.24. The van der Waals surface area contributed by atoms with Crippen LogP contribution in [0.3, 0.4) is 0 Å². The molecular weight excluding hydrogens is 354 g/mol. The Morgan fingerprint density at radius 2 is 1.48 bits per heavy atom. The molecule has 0 amide bonds. The van der Waals surface area contributed by atoms with Gasteiger partial charge in [-0.3, -0.25) is 14.4 Å². The molecule has 0 fully saturated rings. The standard InChI is InChI=1S/C14H28N2O4.C4H9NO2/c1-5-9(4)13(16)14(19)20-11(7-12(17)18)10(15)6-8(2)3;1-2-3(5)4(6)7/h8-11,13H,5-7,15-16H2,1-4H3,(H,17,18);3H,2,5H2,1H3,(H,6,7)/t9-,10-,11-,13-;/m0./s1. The SMILES string of the molecule is CCC(N)C(=O)O.CC[C@H](C)[C@H](N)C(=O)O[C@@H](CC(=O)O)[C@@H](N)CC(C)C. The Hall–Kier alpha value is -1.71. The number of carboxylic acid groups (broad SMARTS) is 2. The number of carbonyl (C=O) groups is 3. The quantitative estimate of drug-likeness (QED) is 0.320. The summed E-state index contributed by atoms with van der Waals surface area (Å²) >= 11 is 0. The minimum absolute atomic E-state index is 0.0192. The lowest BCUT2D eigenvalue weighted by atomic mass is 9.97. The first-order valence-electron chi connectivity index (χ1n) is 9.28. The van der Waals surface area contributed by atoms with Crippen LogP contribution in [-0.4, -0.2) is 52.4 Å². The number of carbonyl (C=O) groups excluding carboxylic acids is 1. The van der Waals surface area contributed by atoms with Gasteiger partial charge >= 0.3 is 17.9 Å². The molecule has 0 bridgehead atoms. The highest BCUT2D eigenvalue weighted by molar-refractivity contribution is 5.76. The molecule has 1 unspecified atom stereocenters. The van der Waals surface area contributed by atoms with Gasteiger partial charge in [0.05, 0.1) is 6.42 Å². The summed E-state index contributed by atoms with van der Waals surface area (Å²) in [7, 11) is 0. The number of nitrogens with two attached hydrogens (primary N) is 3. The van der Waals surface area contributed by atoms with Crippen LogP contribution >= 0.6 is 0 Å². The van der Waals surface area contributed by atoms with Gasteiger partial charge in [0.15, 0.2) is 0 Å². The number of hydrogen-bond donors (Lipinski definition) is 5. The molecule has 0 saturated heterocycles. The third-order valence-corrected chi connectivity index (χ3v) is 4.15. The third kappa shape index (κ3) is 13.2. The van der Waals surface area contributed by atoms with Gasteiger partial charge in [-0.2, -0.15) is 0 Å². The molecule has 0 aromatic rings. The highest BCUT2D eigenvalue weighted by atomic mass is 16.5. The average molecular weight is 392 g/mol. The van der Waals surface area contributed by atoms with Crippen LogP contribution in [0.15, 0.2) is 0 Å². The van der Waals surface area contributed by atoms with Gasteiger partial charge in [-0.15, -0.1) is 0 Å². The number of rotatable bonds is 11. The number of hydrogen-bond acceptors (Lipinski definition) is 7. The maximum Gasteiger partial charge on any atom is 0.323 e. The van der Waals surface area contributed by atoms with E-state index in [4.69, 9.17) is 32.2 Å². The molecule has 5 atom stereocenters. The Morgan fingerprint density at radius 1 is 0.963 bits per heavy atom. The highest BCUT2D eigenvalue weighted by Gasteiger charge is 2.29. The number of carboxylic acids is 2. The molecule has 0 aliphatic rings. The van der Waals surface area contributed by atoms with Crippen LogP contribution in [-0.2, 0) is 19.1 Å². The van der Waals surface area contributed by atoms with Gasteiger partial charge in [0, 0.05) is 6.04 Å². The lowest BCUT2D eigenvalue weighted by molar-refractivity contribution is -0.156. The first-order chi connectivity index (χ1) is 12.4. The first-order valence-corrected chi connectivity index (χ1v) is 9.28. The minimum atomic E-state index is -1.04. The van der Waals surface area contributed by atoms with Crippen molar-refractivity contribution in [2.45, 2.75) is 84.5 Å². The van der Waals surface area contributed by atoms with Crippen molar-refractivity contribution in [3.63, 3.8) is 0 Å². The summed E-state index contributed by atoms with van der Waals surface area (Å²) in [6.45, 7) is 9.47. The van der Waals surface area contributed by atoms with Crippen molar-refractivity contribution in [1.82, 2.24) is 0 Å². The largest absolute Gasteiger partial charge is 0.481 e. The normalized spacial score (nSPS) is 16.3.